The number of amides is 2. The molecule has 4 aromatic rings. The molecule has 2 amide bonds. The van der Waals surface area contributed by atoms with Crippen LogP contribution in [0.3, 0.4) is 0 Å². The van der Waals surface area contributed by atoms with E-state index in [4.69, 9.17) is 10.5 Å². The number of unbranched alkanes of at least 4 members (excludes halogenated alkanes) is 1. The minimum Gasteiger partial charge on any atom is -0.457 e. The molecule has 5 rings (SSSR count). The van der Waals surface area contributed by atoms with Crippen molar-refractivity contribution in [1.29, 1.82) is 0 Å². The van der Waals surface area contributed by atoms with Crippen molar-refractivity contribution in [2.24, 2.45) is 5.73 Å². The topological polar surface area (TPSA) is 102 Å². The lowest BCUT2D eigenvalue weighted by atomic mass is 9.96. The Morgan fingerprint density at radius 2 is 1.61 bits per heavy atom. The summed E-state index contributed by atoms with van der Waals surface area (Å²) in [6.45, 7) is 2.38. The first kappa shape index (κ1) is 28.1. The fraction of sp³-hybridized carbons (Fsp3) is 0.265. The van der Waals surface area contributed by atoms with Gasteiger partial charge in [0.2, 0.25) is 11.8 Å². The highest BCUT2D eigenvalue weighted by Gasteiger charge is 2.40. The Balaban J connectivity index is 1.32. The van der Waals surface area contributed by atoms with Crippen LogP contribution in [0.2, 0.25) is 0 Å². The van der Waals surface area contributed by atoms with Gasteiger partial charge in [-0.15, -0.1) is 0 Å². The van der Waals surface area contributed by atoms with Gasteiger partial charge in [-0.3, -0.25) is 14.4 Å². The molecule has 1 aliphatic heterocycles. The Morgan fingerprint density at radius 1 is 0.854 bits per heavy atom. The minimum absolute atomic E-state index is 0.0269. The molecule has 2 atom stereocenters. The van der Waals surface area contributed by atoms with Crippen LogP contribution in [0.15, 0.2) is 91.0 Å². The number of nitrogens with one attached hydrogen (secondary N) is 1. The van der Waals surface area contributed by atoms with Crippen molar-refractivity contribution in [2.75, 3.05) is 6.54 Å². The molecule has 7 heteroatoms. The number of nitrogens with zero attached hydrogens (tertiary/aromatic N) is 1. The first-order valence-electron chi connectivity index (χ1n) is 14.1. The molecule has 0 aliphatic carbocycles. The molecule has 7 nitrogen and oxygen atoms in total. The molecule has 0 bridgehead atoms. The van der Waals surface area contributed by atoms with Crippen LogP contribution >= 0.6 is 0 Å². The molecule has 0 radical (unpaired) electrons. The predicted molar refractivity (Wildman–Crippen MR) is 160 cm³/mol. The van der Waals surface area contributed by atoms with Crippen LogP contribution in [0.4, 0.5) is 0 Å². The second-order valence-corrected chi connectivity index (χ2v) is 10.5. The van der Waals surface area contributed by atoms with Gasteiger partial charge >= 0.3 is 0 Å². The molecule has 4 aromatic carbocycles. The Kier molecular flexibility index (Phi) is 8.75. The third-order valence-electron chi connectivity index (χ3n) is 7.51. The minimum atomic E-state index is -0.634. The molecule has 2 unspecified atom stereocenters. The Bertz CT molecular complexity index is 1550. The zero-order valence-electron chi connectivity index (χ0n) is 23.2. The fourth-order valence-corrected chi connectivity index (χ4v) is 5.30. The van der Waals surface area contributed by atoms with Gasteiger partial charge in [-0.1, -0.05) is 66.7 Å². The third kappa shape index (κ3) is 6.81. The summed E-state index contributed by atoms with van der Waals surface area (Å²) in [6, 6.07) is 27.6. The molecule has 1 aliphatic rings. The lowest BCUT2D eigenvalue weighted by molar-refractivity contribution is -0.150. The number of hydrogen-bond donors (Lipinski definition) is 2. The number of piperazine rings is 1. The number of rotatable bonds is 11. The van der Waals surface area contributed by atoms with Crippen LogP contribution < -0.4 is 15.8 Å². The number of ketones is 1. The first-order chi connectivity index (χ1) is 19.9. The molecular formula is C34H35N3O4. The van der Waals surface area contributed by atoms with Crippen LogP contribution in [0, 0.1) is 0 Å². The van der Waals surface area contributed by atoms with E-state index in [1.807, 2.05) is 54.6 Å². The van der Waals surface area contributed by atoms with Gasteiger partial charge in [0.15, 0.2) is 5.78 Å². The van der Waals surface area contributed by atoms with Crippen LogP contribution in [0.1, 0.15) is 47.7 Å². The Labute approximate surface area is 240 Å². The maximum Gasteiger partial charge on any atom is 0.246 e. The molecule has 0 spiro atoms. The summed E-state index contributed by atoms with van der Waals surface area (Å²) in [5.74, 6) is 0.950. The Hall–Kier alpha value is -4.49. The third-order valence-corrected chi connectivity index (χ3v) is 7.51. The second-order valence-electron chi connectivity index (χ2n) is 10.5. The summed E-state index contributed by atoms with van der Waals surface area (Å²) in [4.78, 5) is 40.5. The van der Waals surface area contributed by atoms with E-state index in [9.17, 15) is 14.4 Å². The number of Topliss-reactive ketones (excluding diaryl/α,β-unsaturated/α-hetero) is 1. The van der Waals surface area contributed by atoms with Crippen molar-refractivity contribution in [3.63, 3.8) is 0 Å². The summed E-state index contributed by atoms with van der Waals surface area (Å²) < 4.78 is 5.94. The van der Waals surface area contributed by atoms with E-state index in [-0.39, 0.29) is 17.6 Å². The van der Waals surface area contributed by atoms with E-state index < -0.39 is 12.1 Å². The highest BCUT2D eigenvalue weighted by molar-refractivity contribution is 5.97. The quantitative estimate of drug-likeness (QED) is 0.193. The molecular weight excluding hydrogens is 514 g/mol. The van der Waals surface area contributed by atoms with E-state index in [1.165, 1.54) is 6.92 Å². The van der Waals surface area contributed by atoms with Gasteiger partial charge in [0.05, 0.1) is 0 Å². The first-order valence-corrected chi connectivity index (χ1v) is 14.1. The van der Waals surface area contributed by atoms with Gasteiger partial charge in [-0.05, 0) is 78.9 Å². The van der Waals surface area contributed by atoms with E-state index in [0.29, 0.717) is 43.0 Å². The molecule has 3 N–H and O–H groups in total. The van der Waals surface area contributed by atoms with Gasteiger partial charge in [0.1, 0.15) is 23.6 Å². The maximum atomic E-state index is 13.8. The summed E-state index contributed by atoms with van der Waals surface area (Å²) in [7, 11) is 0. The second kappa shape index (κ2) is 12.8. The van der Waals surface area contributed by atoms with Crippen molar-refractivity contribution < 1.29 is 19.1 Å². The number of nitrogens with two attached hydrogens (primary N) is 1. The van der Waals surface area contributed by atoms with Crippen molar-refractivity contribution in [2.45, 2.75) is 51.2 Å². The smallest absolute Gasteiger partial charge is 0.246 e. The summed E-state index contributed by atoms with van der Waals surface area (Å²) >= 11 is 0. The molecule has 1 heterocycles. The monoisotopic (exact) mass is 549 g/mol. The van der Waals surface area contributed by atoms with E-state index in [0.717, 1.165) is 34.7 Å². The normalized spacial score (nSPS) is 17.0. The lowest BCUT2D eigenvalue weighted by Crippen LogP contribution is -2.63. The standard InChI is InChI=1S/C34H35N3O4/c1-23(38)27-9-6-10-30(21-27)41-29-16-13-24(14-17-29)22-37-32(11-4-5-18-35)33(39)36-31(34(37)40)20-25-12-15-26-7-2-3-8-28(26)19-25/h2-3,6-10,12-17,19,21,31-32H,4-5,11,18,20,22,35H2,1H3,(H,36,39). The van der Waals surface area contributed by atoms with Crippen molar-refractivity contribution in [1.82, 2.24) is 10.2 Å². The van der Waals surface area contributed by atoms with E-state index in [2.05, 4.69) is 17.4 Å². The van der Waals surface area contributed by atoms with E-state index in [1.54, 1.807) is 29.2 Å². The van der Waals surface area contributed by atoms with Gasteiger partial charge in [0.25, 0.3) is 0 Å². The van der Waals surface area contributed by atoms with Crippen molar-refractivity contribution in [3.05, 3.63) is 108 Å². The molecule has 210 valence electrons. The van der Waals surface area contributed by atoms with Crippen molar-refractivity contribution >= 4 is 28.4 Å². The van der Waals surface area contributed by atoms with Gasteiger partial charge in [-0.25, -0.2) is 0 Å². The number of benzene rings is 4. The average molecular weight is 550 g/mol. The van der Waals surface area contributed by atoms with Crippen LogP contribution in [0.5, 0.6) is 11.5 Å². The lowest BCUT2D eigenvalue weighted by Gasteiger charge is -2.39. The molecule has 41 heavy (non-hydrogen) atoms. The van der Waals surface area contributed by atoms with Crippen LogP contribution in [-0.2, 0) is 22.6 Å². The van der Waals surface area contributed by atoms with Crippen LogP contribution in [0.25, 0.3) is 10.8 Å². The van der Waals surface area contributed by atoms with Gasteiger partial charge in [0, 0.05) is 18.5 Å². The van der Waals surface area contributed by atoms with Crippen molar-refractivity contribution in [3.8, 4) is 11.5 Å². The highest BCUT2D eigenvalue weighted by Crippen LogP contribution is 2.26. The van der Waals surface area contributed by atoms with E-state index >= 15 is 0 Å². The largest absolute Gasteiger partial charge is 0.457 e. The average Bonchev–Trinajstić information content (AvgIpc) is 2.98. The number of carbonyl (C=O) groups is 3. The summed E-state index contributed by atoms with van der Waals surface area (Å²) in [5.41, 5.74) is 8.17. The highest BCUT2D eigenvalue weighted by atomic mass is 16.5. The summed E-state index contributed by atoms with van der Waals surface area (Å²) in [6.07, 6.45) is 2.54. The molecule has 0 aromatic heterocycles. The van der Waals surface area contributed by atoms with Crippen LogP contribution in [-0.4, -0.2) is 41.1 Å². The molecule has 0 saturated carbocycles. The van der Waals surface area contributed by atoms with Gasteiger partial charge < -0.3 is 20.7 Å². The number of carbonyl (C=O) groups excluding carboxylic acids is 3. The molecule has 1 saturated heterocycles. The zero-order chi connectivity index (χ0) is 28.8. The Morgan fingerprint density at radius 3 is 2.37 bits per heavy atom. The number of fused-ring (bicyclic) bond motifs is 1. The SMILES string of the molecule is CC(=O)c1cccc(Oc2ccc(CN3C(=O)C(Cc4ccc5ccccc5c4)NC(=O)C3CCCCN)cc2)c1. The summed E-state index contributed by atoms with van der Waals surface area (Å²) in [5, 5.41) is 5.24. The molecule has 1 fully saturated rings. The number of ether oxygens (including phenoxy) is 1. The fourth-order valence-electron chi connectivity index (χ4n) is 5.30. The van der Waals surface area contributed by atoms with Gasteiger partial charge in [-0.2, -0.15) is 0 Å². The number of hydrogen-bond acceptors (Lipinski definition) is 5. The predicted octanol–water partition coefficient (Wildman–Crippen LogP) is 5.40. The maximum absolute atomic E-state index is 13.8. The zero-order valence-corrected chi connectivity index (χ0v) is 23.2.